The molecule has 1 amide bonds. The third-order valence-corrected chi connectivity index (χ3v) is 11.9. The number of nitrogens with one attached hydrogen (secondary N) is 1. The van der Waals surface area contributed by atoms with Crippen LogP contribution in [-0.2, 0) is 14.8 Å². The predicted octanol–water partition coefficient (Wildman–Crippen LogP) is 5.16. The van der Waals surface area contributed by atoms with Crippen molar-refractivity contribution in [1.29, 1.82) is 0 Å². The first kappa shape index (κ1) is 38.6. The van der Waals surface area contributed by atoms with Crippen LogP contribution in [-0.4, -0.2) is 90.0 Å². The molecule has 3 aliphatic rings. The van der Waals surface area contributed by atoms with Crippen molar-refractivity contribution < 1.29 is 36.6 Å². The molecule has 0 spiro atoms. The number of hydrogen-bond acceptors (Lipinski definition) is 11. The molecule has 300 valence electrons. The summed E-state index contributed by atoms with van der Waals surface area (Å²) < 4.78 is 66.7. The number of aliphatic imine (C=N–C) groups is 1. The minimum absolute atomic E-state index is 0.0195. The van der Waals surface area contributed by atoms with Gasteiger partial charge in [-0.1, -0.05) is 0 Å². The minimum Gasteiger partial charge on any atom is -0.492 e. The van der Waals surface area contributed by atoms with Crippen LogP contribution in [0.2, 0.25) is 0 Å². The molecule has 2 aliphatic heterocycles. The van der Waals surface area contributed by atoms with E-state index in [4.69, 9.17) is 4.74 Å². The van der Waals surface area contributed by atoms with Crippen LogP contribution in [0.15, 0.2) is 75.5 Å². The lowest BCUT2D eigenvalue weighted by atomic mass is 10.1. The molecule has 58 heavy (non-hydrogen) atoms. The Morgan fingerprint density at radius 3 is 2.36 bits per heavy atom. The summed E-state index contributed by atoms with van der Waals surface area (Å²) in [5.41, 5.74) is 1.42. The first-order valence-corrected chi connectivity index (χ1v) is 19.9. The van der Waals surface area contributed by atoms with Gasteiger partial charge in [-0.3, -0.25) is 19.4 Å². The molecule has 18 heteroatoms. The number of rotatable bonds is 10. The summed E-state index contributed by atoms with van der Waals surface area (Å²) >= 11 is 0. The van der Waals surface area contributed by atoms with E-state index in [1.165, 1.54) is 60.7 Å². The van der Waals surface area contributed by atoms with E-state index in [1.54, 1.807) is 24.5 Å². The third kappa shape index (κ3) is 7.02. The Kier molecular flexibility index (Phi) is 9.71. The lowest BCUT2D eigenvalue weighted by Gasteiger charge is -2.42. The molecule has 1 aliphatic carbocycles. The van der Waals surface area contributed by atoms with Gasteiger partial charge in [-0.15, -0.1) is 0 Å². The number of piperazine rings is 1. The molecule has 3 aromatic carbocycles. The van der Waals surface area contributed by atoms with Crippen molar-refractivity contribution >= 4 is 61.5 Å². The molecule has 4 heterocycles. The van der Waals surface area contributed by atoms with E-state index in [-0.39, 0.29) is 63.4 Å². The highest BCUT2D eigenvalue weighted by molar-refractivity contribution is 7.92. The fourth-order valence-corrected chi connectivity index (χ4v) is 8.57. The number of carbonyl (C=O) groups excluding carboxylic acids is 1. The van der Waals surface area contributed by atoms with Crippen LogP contribution in [0.3, 0.4) is 0 Å². The van der Waals surface area contributed by atoms with Crippen molar-refractivity contribution in [2.45, 2.75) is 50.6 Å². The number of aromatic nitrogens is 3. The third-order valence-electron chi connectivity index (χ3n) is 10.5. The molecule has 1 saturated heterocycles. The number of ether oxygens (including phenoxy) is 1. The molecule has 1 atom stereocenters. The van der Waals surface area contributed by atoms with E-state index >= 15 is 4.39 Å². The second-order valence-electron chi connectivity index (χ2n) is 14.6. The van der Waals surface area contributed by atoms with Gasteiger partial charge in [0.1, 0.15) is 22.8 Å². The Morgan fingerprint density at radius 1 is 1.02 bits per heavy atom. The molecule has 2 aromatic heterocycles. The first-order chi connectivity index (χ1) is 27.6. The average Bonchev–Trinajstić information content (AvgIpc) is 3.98. The second kappa shape index (κ2) is 14.6. The number of aryl methyl sites for hydroxylation is 2. The van der Waals surface area contributed by atoms with Crippen molar-refractivity contribution in [3.05, 3.63) is 105 Å². The van der Waals surface area contributed by atoms with Gasteiger partial charge in [0.15, 0.2) is 11.6 Å². The van der Waals surface area contributed by atoms with Gasteiger partial charge in [0.05, 0.1) is 41.0 Å². The van der Waals surface area contributed by atoms with Gasteiger partial charge in [-0.25, -0.2) is 41.7 Å². The zero-order valence-corrected chi connectivity index (χ0v) is 32.7. The number of carboxylic acids is 1. The zero-order valence-electron chi connectivity index (χ0n) is 31.9. The predicted molar refractivity (Wildman–Crippen MR) is 212 cm³/mol. The molecule has 15 nitrogen and oxygen atoms in total. The fourth-order valence-electron chi connectivity index (χ4n) is 7.63. The van der Waals surface area contributed by atoms with Crippen LogP contribution >= 0.6 is 0 Å². The maximum Gasteiger partial charge on any atom is 0.341 e. The lowest BCUT2D eigenvalue weighted by Crippen LogP contribution is -2.55. The number of anilines is 3. The Balaban J connectivity index is 1.03. The number of amides is 1. The van der Waals surface area contributed by atoms with Crippen LogP contribution in [0, 0.1) is 25.5 Å². The Morgan fingerprint density at radius 2 is 1.72 bits per heavy atom. The van der Waals surface area contributed by atoms with E-state index in [1.807, 2.05) is 16.7 Å². The average molecular weight is 813 g/mol. The molecular formula is C40H38F2N8O7S. The van der Waals surface area contributed by atoms with Gasteiger partial charge >= 0.3 is 5.97 Å². The van der Waals surface area contributed by atoms with Gasteiger partial charge in [-0.05, 0) is 88.2 Å². The van der Waals surface area contributed by atoms with Crippen molar-refractivity contribution in [3.8, 4) is 5.75 Å². The van der Waals surface area contributed by atoms with Gasteiger partial charge in [-0.2, -0.15) is 0 Å². The Hall–Kier alpha value is -6.27. The summed E-state index contributed by atoms with van der Waals surface area (Å²) in [4.78, 5) is 57.2. The van der Waals surface area contributed by atoms with Gasteiger partial charge in [0.2, 0.25) is 11.4 Å². The zero-order chi connectivity index (χ0) is 41.2. The fraction of sp³-hybridized carbons (Fsp3) is 0.300. The maximum absolute atomic E-state index is 16.1. The number of halogens is 2. The number of pyridine rings is 1. The molecule has 8 rings (SSSR count). The normalized spacial score (nSPS) is 17.9. The molecular weight excluding hydrogens is 775 g/mol. The molecule has 5 aromatic rings. The second-order valence-corrected chi connectivity index (χ2v) is 16.3. The number of hydrogen-bond donors (Lipinski definition) is 2. The summed E-state index contributed by atoms with van der Waals surface area (Å²) in [6, 6.07) is 12.0. The Labute approximate surface area is 331 Å². The maximum atomic E-state index is 16.1. The van der Waals surface area contributed by atoms with Crippen LogP contribution in [0.25, 0.3) is 10.9 Å². The summed E-state index contributed by atoms with van der Waals surface area (Å²) in [7, 11) is -2.66. The number of methoxy groups -OCH3 is 1. The van der Waals surface area contributed by atoms with E-state index < -0.39 is 44.5 Å². The van der Waals surface area contributed by atoms with Gasteiger partial charge in [0, 0.05) is 54.9 Å². The highest BCUT2D eigenvalue weighted by atomic mass is 32.2. The van der Waals surface area contributed by atoms with Crippen molar-refractivity contribution in [3.63, 3.8) is 0 Å². The van der Waals surface area contributed by atoms with E-state index in [2.05, 4.69) is 19.7 Å². The minimum atomic E-state index is -4.05. The lowest BCUT2D eigenvalue weighted by molar-refractivity contribution is -0.112. The summed E-state index contributed by atoms with van der Waals surface area (Å²) in [6.45, 7) is 6.46. The van der Waals surface area contributed by atoms with E-state index in [0.717, 1.165) is 18.9 Å². The van der Waals surface area contributed by atoms with Gasteiger partial charge in [0.25, 0.3) is 15.9 Å². The highest BCUT2D eigenvalue weighted by Gasteiger charge is 2.38. The van der Waals surface area contributed by atoms with Crippen molar-refractivity contribution in [2.75, 3.05) is 47.9 Å². The number of nitrogens with zero attached hydrogens (tertiary/aromatic N) is 7. The number of sulfonamides is 1. The molecule has 0 radical (unpaired) electrons. The van der Waals surface area contributed by atoms with Crippen LogP contribution < -0.4 is 24.7 Å². The van der Waals surface area contributed by atoms with Gasteiger partial charge < -0.3 is 19.3 Å². The summed E-state index contributed by atoms with van der Waals surface area (Å²) in [5, 5.41) is 9.62. The first-order valence-electron chi connectivity index (χ1n) is 18.5. The number of carboxylic acid groups (broad SMARTS) is 1. The number of carbonyl (C=O) groups is 2. The standard InChI is InChI=1S/C40H38F2N8O7S/c1-21-15-22(2)44-40(43-21)46-58(55,56)27-10-6-25(7-11-27)45-33-28-16-24(41)5-12-32(28)50(38(33)52)20-48-14-13-47(18-23(48)3)35-31(42)17-29-34(37(35)57-4)49(26-8-9-26)19-30(36(29)51)39(53)54/h5-7,10-12,15-17,19,23,26H,8-9,13-14,18,20H2,1-4H3,(H,53,54)(H,43,44,46). The molecule has 1 saturated carbocycles. The van der Waals surface area contributed by atoms with E-state index in [0.29, 0.717) is 42.2 Å². The van der Waals surface area contributed by atoms with Crippen LogP contribution in [0.4, 0.5) is 31.8 Å². The summed E-state index contributed by atoms with van der Waals surface area (Å²) in [6.07, 6.45) is 2.86. The van der Waals surface area contributed by atoms with Crippen LogP contribution in [0.5, 0.6) is 5.75 Å². The van der Waals surface area contributed by atoms with E-state index in [9.17, 15) is 32.3 Å². The molecule has 0 bridgehead atoms. The topological polar surface area (TPSA) is 180 Å². The Bertz CT molecular complexity index is 2720. The number of aromatic carboxylic acids is 1. The monoisotopic (exact) mass is 812 g/mol. The number of benzene rings is 3. The summed E-state index contributed by atoms with van der Waals surface area (Å²) in [5.74, 6) is -3.09. The molecule has 2 fully saturated rings. The quantitative estimate of drug-likeness (QED) is 0.190. The van der Waals surface area contributed by atoms with Crippen LogP contribution in [0.1, 0.15) is 53.1 Å². The van der Waals surface area contributed by atoms with Crippen molar-refractivity contribution in [1.82, 2.24) is 19.4 Å². The van der Waals surface area contributed by atoms with Crippen molar-refractivity contribution in [2.24, 2.45) is 4.99 Å². The number of fused-ring (bicyclic) bond motifs is 2. The smallest absolute Gasteiger partial charge is 0.341 e. The highest BCUT2D eigenvalue weighted by Crippen LogP contribution is 2.44. The SMILES string of the molecule is COc1c(N2CCN(CN3C(=O)C(=Nc4ccc(S(=O)(=O)Nc5nc(C)cc(C)n5)cc4)c4cc(F)ccc43)C(C)C2)c(F)cc2c(=O)c(C(=O)O)cn(C3CC3)c12. The largest absolute Gasteiger partial charge is 0.492 e. The molecule has 2 N–H and O–H groups in total. The molecule has 1 unspecified atom stereocenters.